The van der Waals surface area contributed by atoms with E-state index < -0.39 is 0 Å². The molecule has 174 valence electrons. The zero-order valence-corrected chi connectivity index (χ0v) is 19.4. The molecule has 34 heavy (non-hydrogen) atoms. The van der Waals surface area contributed by atoms with Gasteiger partial charge >= 0.3 is 0 Å². The number of imidazole rings is 1. The van der Waals surface area contributed by atoms with Crippen LogP contribution in [0.25, 0.3) is 5.65 Å². The summed E-state index contributed by atoms with van der Waals surface area (Å²) >= 11 is 0. The van der Waals surface area contributed by atoms with Crippen LogP contribution in [0.1, 0.15) is 46.3 Å². The summed E-state index contributed by atoms with van der Waals surface area (Å²) < 4.78 is 7.57. The maximum absolute atomic E-state index is 13.4. The molecule has 0 bridgehead atoms. The van der Waals surface area contributed by atoms with Crippen LogP contribution >= 0.6 is 0 Å². The average Bonchev–Trinajstić information content (AvgIpc) is 3.21. The summed E-state index contributed by atoms with van der Waals surface area (Å²) in [7, 11) is 0. The van der Waals surface area contributed by atoms with Crippen molar-refractivity contribution in [2.75, 3.05) is 18.8 Å². The summed E-state index contributed by atoms with van der Waals surface area (Å²) in [6.07, 6.45) is 5.73. The monoisotopic (exact) mass is 455 g/mol. The van der Waals surface area contributed by atoms with Crippen molar-refractivity contribution < 1.29 is 9.53 Å². The maximum Gasteiger partial charge on any atom is 0.237 e. The highest BCUT2D eigenvalue weighted by molar-refractivity contribution is 5.99. The van der Waals surface area contributed by atoms with Gasteiger partial charge in [0, 0.05) is 24.6 Å². The van der Waals surface area contributed by atoms with Gasteiger partial charge in [-0.1, -0.05) is 36.8 Å². The van der Waals surface area contributed by atoms with E-state index in [1.165, 1.54) is 19.3 Å². The second-order valence-electron chi connectivity index (χ2n) is 8.92. The number of hydrogen-bond donors (Lipinski definition) is 1. The number of carbonyl (C=O) groups excluding carboxylic acids is 1. The van der Waals surface area contributed by atoms with Gasteiger partial charge in [0.1, 0.15) is 11.6 Å². The molecule has 1 aliphatic rings. The zero-order valence-electron chi connectivity index (χ0n) is 19.4. The molecule has 0 spiro atoms. The number of piperidine rings is 1. The number of aryl methyl sites for hydroxylation is 1. The number of ether oxygens (including phenoxy) is 1. The number of benzene rings is 2. The van der Waals surface area contributed by atoms with E-state index in [-0.39, 0.29) is 5.78 Å². The zero-order chi connectivity index (χ0) is 23.5. The molecule has 1 aliphatic heterocycles. The molecule has 7 nitrogen and oxygen atoms in total. The van der Waals surface area contributed by atoms with Gasteiger partial charge in [-0.25, -0.2) is 9.50 Å². The number of ketones is 1. The van der Waals surface area contributed by atoms with Crippen LogP contribution in [0.4, 0.5) is 5.82 Å². The number of Topliss-reactive ketones (excluding diaryl/α,β-unsaturated/α-hetero) is 1. The number of fused-ring (bicyclic) bond motifs is 1. The lowest BCUT2D eigenvalue weighted by Gasteiger charge is -2.27. The lowest BCUT2D eigenvalue weighted by Crippen LogP contribution is -2.29. The van der Waals surface area contributed by atoms with Crippen molar-refractivity contribution in [1.29, 1.82) is 0 Å². The van der Waals surface area contributed by atoms with Crippen molar-refractivity contribution in [1.82, 2.24) is 19.5 Å². The Kier molecular flexibility index (Phi) is 6.27. The molecule has 0 saturated carbocycles. The Balaban J connectivity index is 1.33. The summed E-state index contributed by atoms with van der Waals surface area (Å²) in [5, 5.41) is 4.40. The van der Waals surface area contributed by atoms with E-state index in [0.717, 1.165) is 41.9 Å². The molecule has 1 saturated heterocycles. The number of hydrogen-bond acceptors (Lipinski definition) is 6. The number of nitrogens with two attached hydrogens (primary N) is 1. The Labute approximate surface area is 199 Å². The number of nitrogens with zero attached hydrogens (tertiary/aromatic N) is 4. The molecule has 2 N–H and O–H groups in total. The average molecular weight is 456 g/mol. The van der Waals surface area contributed by atoms with Crippen molar-refractivity contribution in [3.63, 3.8) is 0 Å². The standard InChI is InChI=1S/C27H29N5O2/c1-19-9-10-22(34-27-12-11-26-29-25(28)18-32(26)30-27)15-21(19)16-24(33)23-8-4-3-7-20(23)17-31-13-5-2-6-14-31/h3-4,7-12,15,18H,2,5-6,13-14,16-17,28H2,1H3. The summed E-state index contributed by atoms with van der Waals surface area (Å²) in [6, 6.07) is 17.4. The fourth-order valence-corrected chi connectivity index (χ4v) is 4.52. The van der Waals surface area contributed by atoms with Gasteiger partial charge in [-0.05, 0) is 67.7 Å². The minimum absolute atomic E-state index is 0.126. The molecule has 2 aromatic heterocycles. The summed E-state index contributed by atoms with van der Waals surface area (Å²) in [5.41, 5.74) is 10.3. The van der Waals surface area contributed by atoms with Crippen molar-refractivity contribution in [2.24, 2.45) is 0 Å². The van der Waals surface area contributed by atoms with Crippen LogP contribution in [0.2, 0.25) is 0 Å². The molecule has 0 unspecified atom stereocenters. The fourth-order valence-electron chi connectivity index (χ4n) is 4.52. The van der Waals surface area contributed by atoms with Crippen LogP contribution in [0.3, 0.4) is 0 Å². The maximum atomic E-state index is 13.4. The van der Waals surface area contributed by atoms with E-state index in [2.05, 4.69) is 21.0 Å². The smallest absolute Gasteiger partial charge is 0.237 e. The number of nitrogen functional groups attached to an aromatic ring is 1. The molecule has 0 radical (unpaired) electrons. The van der Waals surface area contributed by atoms with Crippen molar-refractivity contribution in [3.8, 4) is 11.6 Å². The van der Waals surface area contributed by atoms with Gasteiger partial charge in [0.05, 0.1) is 6.20 Å². The predicted octanol–water partition coefficient (Wildman–Crippen LogP) is 4.82. The fraction of sp³-hybridized carbons (Fsp3) is 0.296. The van der Waals surface area contributed by atoms with E-state index in [1.54, 1.807) is 22.8 Å². The summed E-state index contributed by atoms with van der Waals surface area (Å²) in [5.74, 6) is 1.59. The third kappa shape index (κ3) is 4.94. The molecule has 3 heterocycles. The topological polar surface area (TPSA) is 85.7 Å². The van der Waals surface area contributed by atoms with Gasteiger partial charge in [0.2, 0.25) is 5.88 Å². The minimum atomic E-state index is 0.126. The van der Waals surface area contributed by atoms with E-state index in [0.29, 0.717) is 29.5 Å². The van der Waals surface area contributed by atoms with Crippen LogP contribution in [0.5, 0.6) is 11.6 Å². The highest BCUT2D eigenvalue weighted by Crippen LogP contribution is 2.25. The summed E-state index contributed by atoms with van der Waals surface area (Å²) in [6.45, 7) is 5.06. The Morgan fingerprint density at radius 2 is 1.85 bits per heavy atom. The second kappa shape index (κ2) is 9.65. The lowest BCUT2D eigenvalue weighted by molar-refractivity contribution is 0.0990. The molecule has 2 aromatic carbocycles. The SMILES string of the molecule is Cc1ccc(Oc2ccc3nc(N)cn3n2)cc1CC(=O)c1ccccc1CN1CCCCC1. The van der Waals surface area contributed by atoms with Gasteiger partial charge in [-0.2, -0.15) is 0 Å². The number of anilines is 1. The van der Waals surface area contributed by atoms with Crippen LogP contribution in [-0.2, 0) is 13.0 Å². The molecule has 1 fully saturated rings. The quantitative estimate of drug-likeness (QED) is 0.402. The van der Waals surface area contributed by atoms with Crippen LogP contribution < -0.4 is 10.5 Å². The van der Waals surface area contributed by atoms with Crippen LogP contribution in [-0.4, -0.2) is 38.4 Å². The predicted molar refractivity (Wildman–Crippen MR) is 132 cm³/mol. The van der Waals surface area contributed by atoms with E-state index >= 15 is 0 Å². The van der Waals surface area contributed by atoms with Gasteiger partial charge in [-0.3, -0.25) is 9.69 Å². The van der Waals surface area contributed by atoms with Crippen LogP contribution in [0.15, 0.2) is 60.8 Å². The van der Waals surface area contributed by atoms with Crippen molar-refractivity contribution in [2.45, 2.75) is 39.2 Å². The van der Waals surface area contributed by atoms with E-state index in [9.17, 15) is 4.79 Å². The van der Waals surface area contributed by atoms with Crippen molar-refractivity contribution >= 4 is 17.2 Å². The normalized spacial score (nSPS) is 14.4. The third-order valence-electron chi connectivity index (χ3n) is 6.37. The van der Waals surface area contributed by atoms with Gasteiger partial charge in [-0.15, -0.1) is 5.10 Å². The highest BCUT2D eigenvalue weighted by Gasteiger charge is 2.17. The first-order valence-corrected chi connectivity index (χ1v) is 11.8. The molecule has 5 rings (SSSR count). The summed E-state index contributed by atoms with van der Waals surface area (Å²) in [4.78, 5) is 20.0. The molecule has 0 aliphatic carbocycles. The van der Waals surface area contributed by atoms with Gasteiger partial charge in [0.15, 0.2) is 11.4 Å². The Bertz CT molecular complexity index is 1320. The minimum Gasteiger partial charge on any atom is -0.438 e. The molecule has 7 heteroatoms. The Hall–Kier alpha value is -3.71. The Morgan fingerprint density at radius 1 is 1.03 bits per heavy atom. The Morgan fingerprint density at radius 3 is 2.71 bits per heavy atom. The highest BCUT2D eigenvalue weighted by atomic mass is 16.5. The number of likely N-dealkylation sites (tertiary alicyclic amines) is 1. The molecular formula is C27H29N5O2. The third-order valence-corrected chi connectivity index (χ3v) is 6.37. The van der Waals surface area contributed by atoms with Crippen LogP contribution in [0, 0.1) is 6.92 Å². The first kappa shape index (κ1) is 22.1. The molecular weight excluding hydrogens is 426 g/mol. The largest absolute Gasteiger partial charge is 0.438 e. The van der Waals surface area contributed by atoms with Gasteiger partial charge < -0.3 is 10.5 Å². The van der Waals surface area contributed by atoms with E-state index in [4.69, 9.17) is 10.5 Å². The van der Waals surface area contributed by atoms with E-state index in [1.807, 2.05) is 43.3 Å². The first-order valence-electron chi connectivity index (χ1n) is 11.8. The lowest BCUT2D eigenvalue weighted by atomic mass is 9.95. The van der Waals surface area contributed by atoms with Crippen molar-refractivity contribution in [3.05, 3.63) is 83.0 Å². The molecule has 0 atom stereocenters. The number of aromatic nitrogens is 3. The first-order chi connectivity index (χ1) is 16.5. The second-order valence-corrected chi connectivity index (χ2v) is 8.92. The molecule has 4 aromatic rings. The molecule has 0 amide bonds. The van der Waals surface area contributed by atoms with Gasteiger partial charge in [0.25, 0.3) is 0 Å². The number of carbonyl (C=O) groups is 1. The number of rotatable bonds is 7.